The first-order chi connectivity index (χ1) is 4.43. The van der Waals surface area contributed by atoms with Crippen LogP contribution in [0.2, 0.25) is 0 Å². The third-order valence-corrected chi connectivity index (χ3v) is 1.18. The molecule has 0 atom stereocenters. The summed E-state index contributed by atoms with van der Waals surface area (Å²) < 4.78 is 0. The number of nitrogens with zero attached hydrogens (tertiary/aromatic N) is 1. The molecule has 9 heavy (non-hydrogen) atoms. The number of rotatable bonds is 0. The Bertz CT molecular complexity index is 200. The molecule has 0 aromatic rings. The monoisotopic (exact) mass is 119 g/mol. The third kappa shape index (κ3) is 1.73. The van der Waals surface area contributed by atoms with Crippen molar-refractivity contribution in [3.63, 3.8) is 0 Å². The molecule has 0 amide bonds. The molecule has 1 aliphatic heterocycles. The number of aliphatic imine (C=N–C) groups is 1. The Labute approximate surface area is 55.5 Å². The first-order valence-corrected chi connectivity index (χ1v) is 3.05. The average molecular weight is 119 g/mol. The van der Waals surface area contributed by atoms with Crippen LogP contribution in [0.4, 0.5) is 0 Å². The third-order valence-electron chi connectivity index (χ3n) is 1.18. The molecule has 1 rings (SSSR count). The first-order valence-electron chi connectivity index (χ1n) is 3.05. The van der Waals surface area contributed by atoms with Crippen LogP contribution < -0.4 is 0 Å². The van der Waals surface area contributed by atoms with Gasteiger partial charge in [-0.1, -0.05) is 5.92 Å². The highest BCUT2D eigenvalue weighted by molar-refractivity contribution is 5.74. The highest BCUT2D eigenvalue weighted by Crippen LogP contribution is 2.02. The Balaban J connectivity index is 2.65. The van der Waals surface area contributed by atoms with E-state index in [1.54, 1.807) is 0 Å². The zero-order valence-electron chi connectivity index (χ0n) is 5.52. The molecule has 1 heterocycles. The molecule has 0 aliphatic carbocycles. The highest BCUT2D eigenvalue weighted by Gasteiger charge is 1.93. The molecular formula is C8H9N. The van der Waals surface area contributed by atoms with Crippen molar-refractivity contribution in [2.24, 2.45) is 4.99 Å². The maximum absolute atomic E-state index is 4.04. The van der Waals surface area contributed by atoms with Gasteiger partial charge in [0.15, 0.2) is 0 Å². The lowest BCUT2D eigenvalue weighted by molar-refractivity contribution is 0.973. The number of dihydropyridines is 1. The molecule has 0 bridgehead atoms. The second-order valence-electron chi connectivity index (χ2n) is 1.87. The molecule has 0 aromatic carbocycles. The van der Waals surface area contributed by atoms with Gasteiger partial charge in [0.1, 0.15) is 0 Å². The van der Waals surface area contributed by atoms with Crippen molar-refractivity contribution in [2.45, 2.75) is 13.3 Å². The molecular weight excluding hydrogens is 110 g/mol. The van der Waals surface area contributed by atoms with E-state index < -0.39 is 0 Å². The second-order valence-corrected chi connectivity index (χ2v) is 1.87. The summed E-state index contributed by atoms with van der Waals surface area (Å²) >= 11 is 0. The Morgan fingerprint density at radius 2 is 2.56 bits per heavy atom. The molecule has 0 unspecified atom stereocenters. The van der Waals surface area contributed by atoms with Gasteiger partial charge >= 0.3 is 0 Å². The van der Waals surface area contributed by atoms with E-state index in [-0.39, 0.29) is 0 Å². The van der Waals surface area contributed by atoms with Gasteiger partial charge in [0.05, 0.1) is 0 Å². The zero-order chi connectivity index (χ0) is 6.53. The number of allylic oxidation sites excluding steroid dienone is 1. The zero-order valence-corrected chi connectivity index (χ0v) is 5.52. The quantitative estimate of drug-likeness (QED) is 0.427. The minimum absolute atomic E-state index is 0.903. The van der Waals surface area contributed by atoms with Crippen LogP contribution in [0.5, 0.6) is 0 Å². The molecule has 1 nitrogen and oxygen atoms in total. The van der Waals surface area contributed by atoms with Gasteiger partial charge in [0, 0.05) is 18.3 Å². The van der Waals surface area contributed by atoms with Gasteiger partial charge in [-0.2, -0.15) is 0 Å². The Morgan fingerprint density at radius 1 is 1.67 bits per heavy atom. The maximum Gasteiger partial charge on any atom is 0.0435 e. The lowest BCUT2D eigenvalue weighted by atomic mass is 10.1. The lowest BCUT2D eigenvalue weighted by Gasteiger charge is -1.98. The minimum Gasteiger partial charge on any atom is -0.293 e. The summed E-state index contributed by atoms with van der Waals surface area (Å²) in [5, 5.41) is 0. The van der Waals surface area contributed by atoms with Gasteiger partial charge in [-0.3, -0.25) is 4.99 Å². The second kappa shape index (κ2) is 3.09. The summed E-state index contributed by atoms with van der Waals surface area (Å²) in [5.41, 5.74) is 1.20. The van der Waals surface area contributed by atoms with Gasteiger partial charge in [-0.15, -0.1) is 5.92 Å². The van der Waals surface area contributed by atoms with Crippen molar-refractivity contribution in [2.75, 3.05) is 6.54 Å². The highest BCUT2D eigenvalue weighted by atomic mass is 14.7. The normalized spacial score (nSPS) is 15.9. The molecule has 0 N–H and O–H groups in total. The Morgan fingerprint density at radius 3 is 3.11 bits per heavy atom. The van der Waals surface area contributed by atoms with Gasteiger partial charge in [0.2, 0.25) is 0 Å². The summed E-state index contributed by atoms with van der Waals surface area (Å²) in [4.78, 5) is 4.04. The molecule has 0 fully saturated rings. The van der Waals surface area contributed by atoms with Crippen molar-refractivity contribution in [3.05, 3.63) is 11.6 Å². The minimum atomic E-state index is 0.903. The van der Waals surface area contributed by atoms with Crippen molar-refractivity contribution >= 4 is 6.21 Å². The molecule has 0 radical (unpaired) electrons. The fourth-order valence-corrected chi connectivity index (χ4v) is 0.750. The smallest absolute Gasteiger partial charge is 0.0435 e. The van der Waals surface area contributed by atoms with Crippen LogP contribution in [-0.2, 0) is 0 Å². The fraction of sp³-hybridized carbons (Fsp3) is 0.375. The van der Waals surface area contributed by atoms with Crippen LogP contribution in [0.1, 0.15) is 13.3 Å². The predicted molar refractivity (Wildman–Crippen MR) is 39.5 cm³/mol. The molecule has 0 saturated carbocycles. The van der Waals surface area contributed by atoms with E-state index in [4.69, 9.17) is 0 Å². The standard InChI is InChI=1S/C8H9N/c1-2-3-8-4-6-9-7-5-8/h4,6H,5,7H2,1H3. The van der Waals surface area contributed by atoms with E-state index >= 15 is 0 Å². The summed E-state index contributed by atoms with van der Waals surface area (Å²) in [6, 6.07) is 0. The van der Waals surface area contributed by atoms with Crippen LogP contribution in [0.15, 0.2) is 16.6 Å². The van der Waals surface area contributed by atoms with Crippen LogP contribution >= 0.6 is 0 Å². The van der Waals surface area contributed by atoms with Crippen molar-refractivity contribution in [1.29, 1.82) is 0 Å². The van der Waals surface area contributed by atoms with E-state index in [0.29, 0.717) is 0 Å². The number of hydrogen-bond donors (Lipinski definition) is 0. The molecule has 1 aliphatic rings. The molecule has 46 valence electrons. The van der Waals surface area contributed by atoms with Crippen LogP contribution in [0, 0.1) is 11.8 Å². The molecule has 0 spiro atoms. The van der Waals surface area contributed by atoms with Crippen molar-refractivity contribution in [3.8, 4) is 11.8 Å². The topological polar surface area (TPSA) is 12.4 Å². The molecule has 0 aromatic heterocycles. The van der Waals surface area contributed by atoms with Crippen molar-refractivity contribution in [1.82, 2.24) is 0 Å². The average Bonchev–Trinajstić information content (AvgIpc) is 1.91. The summed E-state index contributed by atoms with van der Waals surface area (Å²) in [6.07, 6.45) is 4.81. The van der Waals surface area contributed by atoms with Gasteiger partial charge in [-0.25, -0.2) is 0 Å². The largest absolute Gasteiger partial charge is 0.293 e. The Hall–Kier alpha value is -1.03. The van der Waals surface area contributed by atoms with Crippen LogP contribution in [0.3, 0.4) is 0 Å². The van der Waals surface area contributed by atoms with E-state index in [1.807, 2.05) is 19.2 Å². The van der Waals surface area contributed by atoms with Crippen LogP contribution in [-0.4, -0.2) is 12.8 Å². The maximum atomic E-state index is 4.04. The predicted octanol–water partition coefficient (Wildman–Crippen LogP) is 1.41. The van der Waals surface area contributed by atoms with E-state index in [1.165, 1.54) is 5.57 Å². The van der Waals surface area contributed by atoms with E-state index in [9.17, 15) is 0 Å². The van der Waals surface area contributed by atoms with E-state index in [0.717, 1.165) is 13.0 Å². The van der Waals surface area contributed by atoms with Gasteiger partial charge < -0.3 is 0 Å². The van der Waals surface area contributed by atoms with E-state index in [2.05, 4.69) is 16.8 Å². The SMILES string of the molecule is CC#CC1=CC=NCC1. The molecule has 0 saturated heterocycles. The number of hydrogen-bond acceptors (Lipinski definition) is 1. The fourth-order valence-electron chi connectivity index (χ4n) is 0.750. The summed E-state index contributed by atoms with van der Waals surface area (Å²) in [6.45, 7) is 2.76. The van der Waals surface area contributed by atoms with Gasteiger partial charge in [-0.05, 0) is 19.4 Å². The summed E-state index contributed by atoms with van der Waals surface area (Å²) in [5.74, 6) is 5.86. The lowest BCUT2D eigenvalue weighted by Crippen LogP contribution is -1.91. The Kier molecular flexibility index (Phi) is 2.09. The van der Waals surface area contributed by atoms with Crippen LogP contribution in [0.25, 0.3) is 0 Å². The first kappa shape index (κ1) is 6.10. The molecule has 1 heteroatoms. The van der Waals surface area contributed by atoms with Crippen molar-refractivity contribution < 1.29 is 0 Å². The van der Waals surface area contributed by atoms with Gasteiger partial charge in [0.25, 0.3) is 0 Å². The summed E-state index contributed by atoms with van der Waals surface area (Å²) in [7, 11) is 0.